The first-order valence-corrected chi connectivity index (χ1v) is 9.82. The lowest BCUT2D eigenvalue weighted by molar-refractivity contribution is -0.137. The fraction of sp³-hybridized carbons (Fsp3) is 0.400. The number of nitrogens with zero attached hydrogens (tertiary/aromatic N) is 4. The summed E-state index contributed by atoms with van der Waals surface area (Å²) in [5.74, 6) is -0.145. The first kappa shape index (κ1) is 18.0. The van der Waals surface area contributed by atoms with E-state index in [2.05, 4.69) is 61.5 Å². The Kier molecular flexibility index (Phi) is 4.03. The molecule has 4 rings (SSSR count). The van der Waals surface area contributed by atoms with Crippen molar-refractivity contribution in [2.45, 2.75) is 45.3 Å². The van der Waals surface area contributed by atoms with Gasteiger partial charge in [-0.15, -0.1) is 10.2 Å². The summed E-state index contributed by atoms with van der Waals surface area (Å²) in [6.07, 6.45) is 2.27. The van der Waals surface area contributed by atoms with Gasteiger partial charge in [-0.1, -0.05) is 17.8 Å². The van der Waals surface area contributed by atoms with Gasteiger partial charge in [0, 0.05) is 10.9 Å². The van der Waals surface area contributed by atoms with E-state index in [0.717, 1.165) is 22.1 Å². The Bertz CT molecular complexity index is 1140. The topological polar surface area (TPSA) is 69.9 Å². The Morgan fingerprint density at radius 2 is 2.00 bits per heavy atom. The largest absolute Gasteiger partial charge is 0.468 e. The van der Waals surface area contributed by atoms with Gasteiger partial charge in [0.1, 0.15) is 5.52 Å². The predicted octanol–water partition coefficient (Wildman–Crippen LogP) is 4.01. The van der Waals surface area contributed by atoms with Crippen molar-refractivity contribution >= 4 is 45.4 Å². The number of esters is 1. The van der Waals surface area contributed by atoms with Crippen LogP contribution < -0.4 is 0 Å². The maximum Gasteiger partial charge on any atom is 0.316 e. The highest BCUT2D eigenvalue weighted by atomic mass is 32.2. The van der Waals surface area contributed by atoms with Crippen LogP contribution in [0.3, 0.4) is 0 Å². The van der Waals surface area contributed by atoms with Crippen LogP contribution in [0.25, 0.3) is 27.6 Å². The molecule has 1 aliphatic rings. The quantitative estimate of drug-likeness (QED) is 0.503. The van der Waals surface area contributed by atoms with Crippen LogP contribution in [0.1, 0.15) is 37.5 Å². The van der Waals surface area contributed by atoms with E-state index in [-0.39, 0.29) is 17.3 Å². The second-order valence-corrected chi connectivity index (χ2v) is 8.48. The van der Waals surface area contributed by atoms with E-state index in [0.29, 0.717) is 5.16 Å². The third-order valence-corrected chi connectivity index (χ3v) is 6.07. The predicted molar refractivity (Wildman–Crippen MR) is 108 cm³/mol. The molecule has 0 amide bonds. The summed E-state index contributed by atoms with van der Waals surface area (Å²) in [5.41, 5.74) is 7.45. The first-order valence-electron chi connectivity index (χ1n) is 8.83. The third kappa shape index (κ3) is 2.64. The van der Waals surface area contributed by atoms with Gasteiger partial charge in [-0.05, 0) is 57.4 Å². The Labute approximate surface area is 162 Å². The third-order valence-electron chi connectivity index (χ3n) is 5.26. The lowest BCUT2D eigenvalue weighted by Crippen LogP contribution is -2.27. The minimum Gasteiger partial charge on any atom is -0.468 e. The molecule has 0 N–H and O–H groups in total. The van der Waals surface area contributed by atoms with Crippen LogP contribution in [0.2, 0.25) is 0 Å². The molecule has 27 heavy (non-hydrogen) atoms. The minimum atomic E-state index is -0.307. The molecule has 0 atom stereocenters. The van der Waals surface area contributed by atoms with E-state index in [4.69, 9.17) is 9.72 Å². The molecule has 0 unspecified atom stereocenters. The summed E-state index contributed by atoms with van der Waals surface area (Å²) in [4.78, 5) is 16.2. The molecule has 0 saturated carbocycles. The summed E-state index contributed by atoms with van der Waals surface area (Å²) in [6, 6.07) is 2.24. The van der Waals surface area contributed by atoms with Crippen molar-refractivity contribution in [1.29, 1.82) is 0 Å². The highest BCUT2D eigenvalue weighted by Gasteiger charge is 2.32. The zero-order valence-electron chi connectivity index (χ0n) is 16.4. The fourth-order valence-corrected chi connectivity index (χ4v) is 4.54. The number of aromatic nitrogens is 4. The first-order chi connectivity index (χ1) is 12.7. The average Bonchev–Trinajstić information content (AvgIpc) is 2.96. The molecular formula is C20H22N4O2S. The number of thioether (sulfide) groups is 1. The molecular weight excluding hydrogens is 360 g/mol. The number of rotatable bonds is 3. The number of fused-ring (bicyclic) bond motifs is 3. The molecule has 3 heterocycles. The van der Waals surface area contributed by atoms with Crippen LogP contribution in [-0.2, 0) is 15.1 Å². The summed E-state index contributed by atoms with van der Waals surface area (Å²) in [6.45, 7) is 10.8. The van der Waals surface area contributed by atoms with Crippen molar-refractivity contribution in [3.63, 3.8) is 0 Å². The van der Waals surface area contributed by atoms with E-state index < -0.39 is 0 Å². The van der Waals surface area contributed by atoms with Gasteiger partial charge in [0.2, 0.25) is 5.16 Å². The normalized spacial score (nSPS) is 15.3. The van der Waals surface area contributed by atoms with Gasteiger partial charge in [-0.3, -0.25) is 4.79 Å². The zero-order chi connectivity index (χ0) is 19.5. The highest BCUT2D eigenvalue weighted by molar-refractivity contribution is 7.99. The van der Waals surface area contributed by atoms with Gasteiger partial charge < -0.3 is 9.30 Å². The van der Waals surface area contributed by atoms with Crippen LogP contribution in [0.5, 0.6) is 0 Å². The Morgan fingerprint density at radius 1 is 1.26 bits per heavy atom. The standard InChI is InChI=1S/C20H22N4O2S/c1-10-7-13-11(2)8-20(4,5)24-17(13)15(12(10)3)16-18(24)21-19(23-22-16)27-9-14(25)26-6/h7-8H,9H2,1-6H3. The second kappa shape index (κ2) is 6.05. The SMILES string of the molecule is COC(=O)CSc1nnc2c3c(C)c(C)cc4c3n(c2n1)C(C)(C)C=C4C. The summed E-state index contributed by atoms with van der Waals surface area (Å²) < 4.78 is 6.96. The number of ether oxygens (including phenoxy) is 1. The molecule has 3 aromatic rings. The number of methoxy groups -OCH3 is 1. The van der Waals surface area contributed by atoms with Crippen molar-refractivity contribution < 1.29 is 9.53 Å². The van der Waals surface area contributed by atoms with Crippen LogP contribution in [0.15, 0.2) is 17.3 Å². The number of allylic oxidation sites excluding steroid dienone is 2. The number of aryl methyl sites for hydroxylation is 2. The lowest BCUT2D eigenvalue weighted by atomic mass is 9.89. The van der Waals surface area contributed by atoms with Crippen molar-refractivity contribution in [2.75, 3.05) is 12.9 Å². The molecule has 2 aromatic heterocycles. The van der Waals surface area contributed by atoms with Gasteiger partial charge in [0.05, 0.1) is 23.9 Å². The summed E-state index contributed by atoms with van der Waals surface area (Å²) >= 11 is 1.24. The van der Waals surface area contributed by atoms with Gasteiger partial charge in [-0.2, -0.15) is 0 Å². The van der Waals surface area contributed by atoms with E-state index >= 15 is 0 Å². The average molecular weight is 382 g/mol. The highest BCUT2D eigenvalue weighted by Crippen LogP contribution is 2.43. The van der Waals surface area contributed by atoms with Crippen molar-refractivity contribution in [1.82, 2.24) is 19.7 Å². The number of hydrogen-bond acceptors (Lipinski definition) is 6. The van der Waals surface area contributed by atoms with Gasteiger partial charge in [0.15, 0.2) is 5.65 Å². The molecule has 0 aliphatic carbocycles. The molecule has 0 saturated heterocycles. The van der Waals surface area contributed by atoms with Crippen molar-refractivity contribution in [2.24, 2.45) is 0 Å². The van der Waals surface area contributed by atoms with Crippen molar-refractivity contribution in [3.05, 3.63) is 28.8 Å². The van der Waals surface area contributed by atoms with Crippen LogP contribution in [0.4, 0.5) is 0 Å². The van der Waals surface area contributed by atoms with Crippen molar-refractivity contribution in [3.8, 4) is 0 Å². The number of carbonyl (C=O) groups is 1. The Balaban J connectivity index is 2.04. The molecule has 0 radical (unpaired) electrons. The number of carbonyl (C=O) groups excluding carboxylic acids is 1. The molecule has 1 aromatic carbocycles. The van der Waals surface area contributed by atoms with Gasteiger partial charge in [-0.25, -0.2) is 4.98 Å². The summed E-state index contributed by atoms with van der Waals surface area (Å²) in [7, 11) is 1.37. The van der Waals surface area contributed by atoms with Gasteiger partial charge in [0.25, 0.3) is 0 Å². The smallest absolute Gasteiger partial charge is 0.316 e. The minimum absolute atomic E-state index is 0.162. The maximum absolute atomic E-state index is 11.5. The van der Waals surface area contributed by atoms with E-state index in [9.17, 15) is 4.79 Å². The molecule has 0 spiro atoms. The molecule has 6 nitrogen and oxygen atoms in total. The Hall–Kier alpha value is -2.41. The molecule has 1 aliphatic heterocycles. The fourth-order valence-electron chi connectivity index (χ4n) is 3.93. The monoisotopic (exact) mass is 382 g/mol. The van der Waals surface area contributed by atoms with E-state index in [1.165, 1.54) is 41.1 Å². The molecule has 0 bridgehead atoms. The molecule has 7 heteroatoms. The van der Waals surface area contributed by atoms with Gasteiger partial charge >= 0.3 is 5.97 Å². The van der Waals surface area contributed by atoms with Crippen LogP contribution >= 0.6 is 11.8 Å². The maximum atomic E-state index is 11.5. The van der Waals surface area contributed by atoms with E-state index in [1.807, 2.05) is 0 Å². The van der Waals surface area contributed by atoms with E-state index in [1.54, 1.807) is 0 Å². The second-order valence-electron chi connectivity index (χ2n) is 7.54. The van der Waals surface area contributed by atoms with Crippen LogP contribution in [0, 0.1) is 13.8 Å². The lowest BCUT2D eigenvalue weighted by Gasteiger charge is -2.31. The Morgan fingerprint density at radius 3 is 2.70 bits per heavy atom. The summed E-state index contributed by atoms with van der Waals surface area (Å²) in [5, 5.41) is 10.4. The zero-order valence-corrected chi connectivity index (χ0v) is 17.2. The number of hydrogen-bond donors (Lipinski definition) is 0. The van der Waals surface area contributed by atoms with Crippen LogP contribution in [-0.4, -0.2) is 38.6 Å². The molecule has 140 valence electrons. The number of benzene rings is 1. The molecule has 0 fully saturated rings.